The number of hydrogen-bond acceptors (Lipinski definition) is 5. The maximum atomic E-state index is 11.1. The largest absolute Gasteiger partial charge is 0.439 e. The number of nitrogens with one attached hydrogen (secondary N) is 1. The minimum absolute atomic E-state index is 0.0363. The van der Waals surface area contributed by atoms with Gasteiger partial charge >= 0.3 is 0 Å². The summed E-state index contributed by atoms with van der Waals surface area (Å²) >= 11 is 0. The standard InChI is InChI=1S/C14H17N3O3/c1-3-7-15-9-13-16-8-12(20-13)14-10(2)5-4-6-11(14)17(18)19/h4-6,8,15H,3,7,9H2,1-2H3. The number of aryl methyl sites for hydroxylation is 1. The fraction of sp³-hybridized carbons (Fsp3) is 0.357. The predicted molar refractivity (Wildman–Crippen MR) is 75.3 cm³/mol. The first-order valence-electron chi connectivity index (χ1n) is 6.53. The molecule has 2 aromatic rings. The highest BCUT2D eigenvalue weighted by atomic mass is 16.6. The van der Waals surface area contributed by atoms with E-state index in [1.54, 1.807) is 6.07 Å². The van der Waals surface area contributed by atoms with Crippen molar-refractivity contribution < 1.29 is 9.34 Å². The van der Waals surface area contributed by atoms with Crippen molar-refractivity contribution in [1.29, 1.82) is 0 Å². The minimum Gasteiger partial charge on any atom is -0.439 e. The van der Waals surface area contributed by atoms with E-state index in [4.69, 9.17) is 4.42 Å². The Balaban J connectivity index is 2.30. The maximum absolute atomic E-state index is 11.1. The first-order chi connectivity index (χ1) is 9.63. The lowest BCUT2D eigenvalue weighted by molar-refractivity contribution is -0.384. The van der Waals surface area contributed by atoms with Gasteiger partial charge in [0.15, 0.2) is 5.76 Å². The molecule has 1 N–H and O–H groups in total. The van der Waals surface area contributed by atoms with E-state index in [0.29, 0.717) is 23.8 Å². The molecule has 0 aliphatic heterocycles. The Labute approximate surface area is 117 Å². The van der Waals surface area contributed by atoms with Crippen LogP contribution in [0.4, 0.5) is 5.69 Å². The van der Waals surface area contributed by atoms with Crippen LogP contribution in [-0.4, -0.2) is 16.5 Å². The molecule has 6 heteroatoms. The molecule has 0 fully saturated rings. The highest BCUT2D eigenvalue weighted by Crippen LogP contribution is 2.33. The SMILES string of the molecule is CCCNCc1ncc(-c2c(C)cccc2[N+](=O)[O-])o1. The van der Waals surface area contributed by atoms with Crippen LogP contribution < -0.4 is 5.32 Å². The number of hydrogen-bond donors (Lipinski definition) is 1. The molecule has 20 heavy (non-hydrogen) atoms. The van der Waals surface area contributed by atoms with Gasteiger partial charge in [-0.15, -0.1) is 0 Å². The molecular weight excluding hydrogens is 258 g/mol. The molecule has 1 aromatic carbocycles. The van der Waals surface area contributed by atoms with Crippen LogP contribution in [0.15, 0.2) is 28.8 Å². The maximum Gasteiger partial charge on any atom is 0.280 e. The Hall–Kier alpha value is -2.21. The molecule has 0 radical (unpaired) electrons. The average Bonchev–Trinajstić information content (AvgIpc) is 2.87. The van der Waals surface area contributed by atoms with E-state index < -0.39 is 4.92 Å². The third-order valence-electron chi connectivity index (χ3n) is 2.95. The van der Waals surface area contributed by atoms with E-state index in [2.05, 4.69) is 17.2 Å². The van der Waals surface area contributed by atoms with Gasteiger partial charge in [0.25, 0.3) is 5.69 Å². The third kappa shape index (κ3) is 3.03. The zero-order valence-electron chi connectivity index (χ0n) is 11.5. The summed E-state index contributed by atoms with van der Waals surface area (Å²) in [7, 11) is 0. The lowest BCUT2D eigenvalue weighted by Gasteiger charge is -2.03. The number of nitrogens with zero attached hydrogens (tertiary/aromatic N) is 2. The fourth-order valence-corrected chi connectivity index (χ4v) is 2.00. The molecule has 1 heterocycles. The van der Waals surface area contributed by atoms with Crippen LogP contribution in [0.3, 0.4) is 0 Å². The summed E-state index contributed by atoms with van der Waals surface area (Å²) in [6, 6.07) is 4.96. The lowest BCUT2D eigenvalue weighted by atomic mass is 10.1. The van der Waals surface area contributed by atoms with E-state index in [1.807, 2.05) is 13.0 Å². The van der Waals surface area contributed by atoms with E-state index in [1.165, 1.54) is 12.3 Å². The highest BCUT2D eigenvalue weighted by molar-refractivity contribution is 5.72. The molecule has 0 bridgehead atoms. The van der Waals surface area contributed by atoms with Gasteiger partial charge in [0.2, 0.25) is 5.89 Å². The molecule has 0 atom stereocenters. The van der Waals surface area contributed by atoms with Crippen molar-refractivity contribution in [3.63, 3.8) is 0 Å². The fourth-order valence-electron chi connectivity index (χ4n) is 2.00. The minimum atomic E-state index is -0.403. The van der Waals surface area contributed by atoms with Crippen LogP contribution >= 0.6 is 0 Å². The molecule has 0 aliphatic carbocycles. The molecule has 0 spiro atoms. The molecule has 0 amide bonds. The molecular formula is C14H17N3O3. The van der Waals surface area contributed by atoms with Gasteiger partial charge in [0, 0.05) is 6.07 Å². The summed E-state index contributed by atoms with van der Waals surface area (Å²) < 4.78 is 5.61. The molecule has 0 aliphatic rings. The quantitative estimate of drug-likeness (QED) is 0.498. The monoisotopic (exact) mass is 275 g/mol. The van der Waals surface area contributed by atoms with Crippen LogP contribution in [0.1, 0.15) is 24.8 Å². The Kier molecular flexibility index (Phi) is 4.47. The summed E-state index contributed by atoms with van der Waals surface area (Å²) in [4.78, 5) is 14.8. The van der Waals surface area contributed by atoms with Crippen molar-refractivity contribution in [2.45, 2.75) is 26.8 Å². The average molecular weight is 275 g/mol. The molecule has 0 unspecified atom stereocenters. The summed E-state index contributed by atoms with van der Waals surface area (Å²) in [5, 5.41) is 14.3. The molecule has 106 valence electrons. The topological polar surface area (TPSA) is 81.2 Å². The third-order valence-corrected chi connectivity index (χ3v) is 2.95. The molecule has 1 aromatic heterocycles. The lowest BCUT2D eigenvalue weighted by Crippen LogP contribution is -2.13. The van der Waals surface area contributed by atoms with E-state index >= 15 is 0 Å². The Morgan fingerprint density at radius 3 is 2.95 bits per heavy atom. The molecule has 0 saturated heterocycles. The number of aromatic nitrogens is 1. The number of benzene rings is 1. The van der Waals surface area contributed by atoms with Gasteiger partial charge < -0.3 is 9.73 Å². The van der Waals surface area contributed by atoms with Gasteiger partial charge in [-0.1, -0.05) is 19.1 Å². The van der Waals surface area contributed by atoms with Crippen molar-refractivity contribution in [2.75, 3.05) is 6.54 Å². The van der Waals surface area contributed by atoms with Crippen LogP contribution in [0, 0.1) is 17.0 Å². The van der Waals surface area contributed by atoms with E-state index in [0.717, 1.165) is 18.5 Å². The van der Waals surface area contributed by atoms with Crippen LogP contribution in [0.5, 0.6) is 0 Å². The summed E-state index contributed by atoms with van der Waals surface area (Å²) in [6.07, 6.45) is 2.56. The second kappa shape index (κ2) is 6.29. The van der Waals surface area contributed by atoms with Crippen molar-refractivity contribution in [1.82, 2.24) is 10.3 Å². The van der Waals surface area contributed by atoms with Gasteiger partial charge in [0.05, 0.1) is 23.2 Å². The van der Waals surface area contributed by atoms with Crippen LogP contribution in [0.2, 0.25) is 0 Å². The molecule has 2 rings (SSSR count). The normalized spacial score (nSPS) is 10.7. The zero-order chi connectivity index (χ0) is 14.5. The summed E-state index contributed by atoms with van der Waals surface area (Å²) in [5.41, 5.74) is 1.32. The second-order valence-corrected chi connectivity index (χ2v) is 4.52. The highest BCUT2D eigenvalue weighted by Gasteiger charge is 2.20. The second-order valence-electron chi connectivity index (χ2n) is 4.52. The molecule has 6 nitrogen and oxygen atoms in total. The Morgan fingerprint density at radius 2 is 2.25 bits per heavy atom. The first-order valence-corrected chi connectivity index (χ1v) is 6.53. The van der Waals surface area contributed by atoms with Crippen LogP contribution in [0.25, 0.3) is 11.3 Å². The number of oxazole rings is 1. The van der Waals surface area contributed by atoms with Gasteiger partial charge in [-0.05, 0) is 25.5 Å². The van der Waals surface area contributed by atoms with E-state index in [9.17, 15) is 10.1 Å². The smallest absolute Gasteiger partial charge is 0.280 e. The number of nitro groups is 1. The summed E-state index contributed by atoms with van der Waals surface area (Å²) in [6.45, 7) is 5.29. The van der Waals surface area contributed by atoms with Crippen molar-refractivity contribution >= 4 is 5.69 Å². The first kappa shape index (κ1) is 14.2. The van der Waals surface area contributed by atoms with Crippen LogP contribution in [-0.2, 0) is 6.54 Å². The Bertz CT molecular complexity index is 607. The summed E-state index contributed by atoms with van der Waals surface area (Å²) in [5.74, 6) is 0.967. The van der Waals surface area contributed by atoms with Gasteiger partial charge in [-0.2, -0.15) is 0 Å². The van der Waals surface area contributed by atoms with Crippen molar-refractivity contribution in [3.05, 3.63) is 46.0 Å². The van der Waals surface area contributed by atoms with Crippen molar-refractivity contribution in [3.8, 4) is 11.3 Å². The van der Waals surface area contributed by atoms with Crippen molar-refractivity contribution in [2.24, 2.45) is 0 Å². The predicted octanol–water partition coefficient (Wildman–Crippen LogP) is 3.06. The zero-order valence-corrected chi connectivity index (χ0v) is 11.5. The Morgan fingerprint density at radius 1 is 1.45 bits per heavy atom. The van der Waals surface area contributed by atoms with Gasteiger partial charge in [0.1, 0.15) is 0 Å². The van der Waals surface area contributed by atoms with E-state index in [-0.39, 0.29) is 5.69 Å². The number of nitro benzene ring substituents is 1. The van der Waals surface area contributed by atoms with Gasteiger partial charge in [-0.25, -0.2) is 4.98 Å². The number of rotatable bonds is 6. The van der Waals surface area contributed by atoms with Gasteiger partial charge in [-0.3, -0.25) is 10.1 Å². The molecule has 0 saturated carbocycles.